The van der Waals surface area contributed by atoms with Crippen molar-refractivity contribution in [3.05, 3.63) is 64.7 Å². The van der Waals surface area contributed by atoms with Gasteiger partial charge < -0.3 is 5.11 Å². The van der Waals surface area contributed by atoms with Crippen molar-refractivity contribution in [2.75, 3.05) is 0 Å². The predicted molar refractivity (Wildman–Crippen MR) is 88.3 cm³/mol. The Morgan fingerprint density at radius 1 is 0.955 bits per heavy atom. The van der Waals surface area contributed by atoms with Gasteiger partial charge in [0.25, 0.3) is 0 Å². The number of hydrogen-bond donors (Lipinski definition) is 1. The first-order chi connectivity index (χ1) is 10.5. The minimum absolute atomic E-state index is 0.295. The van der Waals surface area contributed by atoms with Gasteiger partial charge in [0.05, 0.1) is 16.8 Å². The zero-order chi connectivity index (χ0) is 15.9. The molecule has 0 amide bonds. The molecule has 0 aliphatic carbocycles. The first kappa shape index (κ1) is 14.3. The summed E-state index contributed by atoms with van der Waals surface area (Å²) in [6, 6.07) is 13.5. The van der Waals surface area contributed by atoms with Crippen LogP contribution in [0.5, 0.6) is 0 Å². The van der Waals surface area contributed by atoms with E-state index in [0.29, 0.717) is 22.2 Å². The van der Waals surface area contributed by atoms with Gasteiger partial charge in [0.15, 0.2) is 0 Å². The van der Waals surface area contributed by atoms with Gasteiger partial charge in [-0.05, 0) is 44.5 Å². The molecule has 2 aromatic carbocycles. The Bertz CT molecular complexity index is 897. The molecule has 0 aliphatic heterocycles. The molecule has 22 heavy (non-hydrogen) atoms. The van der Waals surface area contributed by atoms with Gasteiger partial charge in [0, 0.05) is 10.9 Å². The van der Waals surface area contributed by atoms with E-state index in [2.05, 4.69) is 11.1 Å². The average Bonchev–Trinajstić information content (AvgIpc) is 2.46. The molecular formula is C19H17NO2. The lowest BCUT2D eigenvalue weighted by Crippen LogP contribution is -2.01. The lowest BCUT2D eigenvalue weighted by atomic mass is 9.99. The molecule has 3 nitrogen and oxygen atoms in total. The van der Waals surface area contributed by atoms with Crippen molar-refractivity contribution < 1.29 is 9.90 Å². The van der Waals surface area contributed by atoms with Crippen LogP contribution in [-0.2, 0) is 0 Å². The third kappa shape index (κ3) is 2.46. The summed E-state index contributed by atoms with van der Waals surface area (Å²) in [6.07, 6.45) is 0. The quantitative estimate of drug-likeness (QED) is 0.755. The number of aromatic carboxylic acids is 1. The maximum absolute atomic E-state index is 11.6. The van der Waals surface area contributed by atoms with Crippen molar-refractivity contribution in [2.45, 2.75) is 20.8 Å². The van der Waals surface area contributed by atoms with Gasteiger partial charge in [-0.15, -0.1) is 0 Å². The van der Waals surface area contributed by atoms with E-state index in [1.807, 2.05) is 51.1 Å². The number of rotatable bonds is 2. The number of carboxylic acids is 1. The fraction of sp³-hybridized carbons (Fsp3) is 0.158. The molecule has 0 atom stereocenters. The first-order valence-electron chi connectivity index (χ1n) is 7.18. The Morgan fingerprint density at radius 3 is 2.32 bits per heavy atom. The van der Waals surface area contributed by atoms with E-state index in [1.54, 1.807) is 6.07 Å². The van der Waals surface area contributed by atoms with E-state index in [4.69, 9.17) is 0 Å². The highest BCUT2D eigenvalue weighted by Gasteiger charge is 2.14. The fourth-order valence-corrected chi connectivity index (χ4v) is 2.76. The number of pyridine rings is 1. The molecule has 0 fully saturated rings. The Morgan fingerprint density at radius 2 is 1.64 bits per heavy atom. The number of fused-ring (bicyclic) bond motifs is 1. The van der Waals surface area contributed by atoms with Gasteiger partial charge in [0.2, 0.25) is 0 Å². The number of benzene rings is 2. The maximum atomic E-state index is 11.6. The second-order valence-electron chi connectivity index (χ2n) is 5.70. The van der Waals surface area contributed by atoms with E-state index in [0.717, 1.165) is 16.7 Å². The number of carbonyl (C=O) groups is 1. The van der Waals surface area contributed by atoms with Gasteiger partial charge in [0.1, 0.15) is 0 Å². The zero-order valence-electron chi connectivity index (χ0n) is 12.8. The van der Waals surface area contributed by atoms with Gasteiger partial charge in [-0.2, -0.15) is 0 Å². The van der Waals surface area contributed by atoms with Crippen LogP contribution >= 0.6 is 0 Å². The van der Waals surface area contributed by atoms with Crippen molar-refractivity contribution in [2.24, 2.45) is 0 Å². The minimum Gasteiger partial charge on any atom is -0.478 e. The Labute approximate surface area is 129 Å². The summed E-state index contributed by atoms with van der Waals surface area (Å²) in [5.41, 5.74) is 5.97. The molecule has 0 saturated heterocycles. The number of aryl methyl sites for hydroxylation is 3. The third-order valence-corrected chi connectivity index (χ3v) is 3.85. The maximum Gasteiger partial charge on any atom is 0.336 e. The summed E-state index contributed by atoms with van der Waals surface area (Å²) in [5, 5.41) is 10.2. The first-order valence-corrected chi connectivity index (χ1v) is 7.18. The van der Waals surface area contributed by atoms with E-state index >= 15 is 0 Å². The molecular weight excluding hydrogens is 274 g/mol. The van der Waals surface area contributed by atoms with Crippen molar-refractivity contribution in [3.63, 3.8) is 0 Å². The van der Waals surface area contributed by atoms with Crippen LogP contribution < -0.4 is 0 Å². The van der Waals surface area contributed by atoms with Crippen molar-refractivity contribution >= 4 is 16.9 Å². The highest BCUT2D eigenvalue weighted by atomic mass is 16.4. The van der Waals surface area contributed by atoms with E-state index < -0.39 is 5.97 Å². The molecule has 0 bridgehead atoms. The Hall–Kier alpha value is -2.68. The molecule has 1 aromatic heterocycles. The lowest BCUT2D eigenvalue weighted by molar-refractivity contribution is 0.0699. The van der Waals surface area contributed by atoms with E-state index in [1.165, 1.54) is 5.56 Å². The number of carboxylic acid groups (broad SMARTS) is 1. The molecule has 3 heteroatoms. The Balaban J connectivity index is 2.32. The summed E-state index contributed by atoms with van der Waals surface area (Å²) < 4.78 is 0. The predicted octanol–water partition coefficient (Wildman–Crippen LogP) is 4.53. The van der Waals surface area contributed by atoms with Gasteiger partial charge in [-0.25, -0.2) is 9.78 Å². The third-order valence-electron chi connectivity index (χ3n) is 3.85. The fourth-order valence-electron chi connectivity index (χ4n) is 2.76. The largest absolute Gasteiger partial charge is 0.478 e. The van der Waals surface area contributed by atoms with Crippen molar-refractivity contribution in [1.82, 2.24) is 4.98 Å². The van der Waals surface area contributed by atoms with Crippen LogP contribution in [0.4, 0.5) is 0 Å². The molecule has 0 aliphatic rings. The van der Waals surface area contributed by atoms with Gasteiger partial charge in [-0.1, -0.05) is 35.4 Å². The van der Waals surface area contributed by atoms with E-state index in [9.17, 15) is 9.90 Å². The normalized spacial score (nSPS) is 10.9. The minimum atomic E-state index is -0.927. The lowest BCUT2D eigenvalue weighted by Gasteiger charge is -2.10. The summed E-state index contributed by atoms with van der Waals surface area (Å²) in [5.74, 6) is -0.927. The van der Waals surface area contributed by atoms with Crippen LogP contribution in [0, 0.1) is 20.8 Å². The molecule has 3 aromatic rings. The SMILES string of the molecule is Cc1ccc(-c2cc(C(=O)O)c3cc(C)ccc3n2)c(C)c1. The highest BCUT2D eigenvalue weighted by molar-refractivity contribution is 6.04. The second kappa shape index (κ2) is 5.26. The monoisotopic (exact) mass is 291 g/mol. The van der Waals surface area contributed by atoms with Crippen molar-refractivity contribution in [3.8, 4) is 11.3 Å². The molecule has 0 saturated carbocycles. The van der Waals surface area contributed by atoms with Gasteiger partial charge >= 0.3 is 5.97 Å². The summed E-state index contributed by atoms with van der Waals surface area (Å²) in [7, 11) is 0. The van der Waals surface area contributed by atoms with E-state index in [-0.39, 0.29) is 0 Å². The average molecular weight is 291 g/mol. The van der Waals surface area contributed by atoms with Crippen LogP contribution in [0.2, 0.25) is 0 Å². The zero-order valence-corrected chi connectivity index (χ0v) is 12.8. The van der Waals surface area contributed by atoms with Crippen LogP contribution in [0.3, 0.4) is 0 Å². The number of aromatic nitrogens is 1. The van der Waals surface area contributed by atoms with Gasteiger partial charge in [-0.3, -0.25) is 0 Å². The van der Waals surface area contributed by atoms with Crippen LogP contribution in [0.25, 0.3) is 22.2 Å². The number of nitrogens with zero attached hydrogens (tertiary/aromatic N) is 1. The summed E-state index contributed by atoms with van der Waals surface area (Å²) in [6.45, 7) is 6.00. The molecule has 0 spiro atoms. The summed E-state index contributed by atoms with van der Waals surface area (Å²) in [4.78, 5) is 16.3. The molecule has 0 radical (unpaired) electrons. The molecule has 110 valence electrons. The van der Waals surface area contributed by atoms with Crippen LogP contribution in [-0.4, -0.2) is 16.1 Å². The smallest absolute Gasteiger partial charge is 0.336 e. The van der Waals surface area contributed by atoms with Crippen molar-refractivity contribution in [1.29, 1.82) is 0 Å². The standard InChI is InChI=1S/C19H17NO2/c1-11-4-6-14(13(3)8-11)18-10-16(19(21)22)15-9-12(2)5-7-17(15)20-18/h4-10H,1-3H3,(H,21,22). The summed E-state index contributed by atoms with van der Waals surface area (Å²) >= 11 is 0. The van der Waals surface area contributed by atoms with Crippen LogP contribution in [0.1, 0.15) is 27.0 Å². The molecule has 1 N–H and O–H groups in total. The number of hydrogen-bond acceptors (Lipinski definition) is 2. The Kier molecular flexibility index (Phi) is 3.41. The molecule has 0 unspecified atom stereocenters. The highest BCUT2D eigenvalue weighted by Crippen LogP contribution is 2.28. The van der Waals surface area contributed by atoms with Crippen LogP contribution in [0.15, 0.2) is 42.5 Å². The molecule has 1 heterocycles. The molecule has 3 rings (SSSR count). The topological polar surface area (TPSA) is 50.2 Å². The second-order valence-corrected chi connectivity index (χ2v) is 5.70.